The third kappa shape index (κ3) is 2.73. The first kappa shape index (κ1) is 10.5. The number of halogens is 2. The molecule has 0 aromatic carbocycles. The predicted octanol–water partition coefficient (Wildman–Crippen LogP) is 3.56. The average Bonchev–Trinajstić information content (AvgIpc) is 2.47. The number of aliphatic hydroxyl groups excluding tert-OH is 1. The third-order valence-corrected chi connectivity index (χ3v) is 3.80. The highest BCUT2D eigenvalue weighted by atomic mass is 79.9. The van der Waals surface area contributed by atoms with E-state index in [0.717, 1.165) is 22.2 Å². The summed E-state index contributed by atoms with van der Waals surface area (Å²) in [6.07, 6.45) is 1.23. The van der Waals surface area contributed by atoms with E-state index in [9.17, 15) is 5.11 Å². The minimum Gasteiger partial charge on any atom is -0.388 e. The van der Waals surface area contributed by atoms with Gasteiger partial charge in [-0.05, 0) is 40.2 Å². The van der Waals surface area contributed by atoms with Crippen LogP contribution in [0, 0.1) is 0 Å². The first-order chi connectivity index (χ1) is 5.75. The second-order valence-electron chi connectivity index (χ2n) is 2.48. The quantitative estimate of drug-likeness (QED) is 0.829. The summed E-state index contributed by atoms with van der Waals surface area (Å²) in [5, 5.41) is 11.6. The fourth-order valence-corrected chi connectivity index (χ4v) is 2.76. The van der Waals surface area contributed by atoms with Crippen molar-refractivity contribution in [2.75, 3.05) is 5.88 Å². The second kappa shape index (κ2) is 5.22. The fraction of sp³-hybridized carbons (Fsp3) is 0.500. The lowest BCUT2D eigenvalue weighted by Gasteiger charge is -2.07. The molecule has 1 rings (SSSR count). The summed E-state index contributed by atoms with van der Waals surface area (Å²) in [7, 11) is 0. The molecule has 0 saturated carbocycles. The maximum absolute atomic E-state index is 9.64. The molecule has 1 nitrogen and oxygen atoms in total. The van der Waals surface area contributed by atoms with Crippen molar-refractivity contribution in [3.8, 4) is 0 Å². The van der Waals surface area contributed by atoms with Gasteiger partial charge >= 0.3 is 0 Å². The number of rotatable bonds is 4. The molecule has 12 heavy (non-hydrogen) atoms. The highest BCUT2D eigenvalue weighted by Crippen LogP contribution is 2.31. The Morgan fingerprint density at radius 2 is 2.42 bits per heavy atom. The first-order valence-corrected chi connectivity index (χ1v) is 5.93. The van der Waals surface area contributed by atoms with Crippen molar-refractivity contribution in [2.24, 2.45) is 0 Å². The fourth-order valence-electron chi connectivity index (χ4n) is 0.945. The van der Waals surface area contributed by atoms with E-state index in [-0.39, 0.29) is 6.10 Å². The lowest BCUT2D eigenvalue weighted by atomic mass is 10.2. The molecule has 1 heterocycles. The molecule has 0 radical (unpaired) electrons. The van der Waals surface area contributed by atoms with E-state index in [1.165, 1.54) is 0 Å². The standard InChI is InChI=1S/C8H10BrClOS/c9-6-3-5-12-8(6)7(11)2-1-4-10/h3,5,7,11H,1-2,4H2. The van der Waals surface area contributed by atoms with Gasteiger partial charge in [0.05, 0.1) is 6.10 Å². The van der Waals surface area contributed by atoms with Crippen LogP contribution < -0.4 is 0 Å². The van der Waals surface area contributed by atoms with Gasteiger partial charge in [-0.2, -0.15) is 0 Å². The van der Waals surface area contributed by atoms with E-state index in [1.807, 2.05) is 11.4 Å². The molecule has 1 aromatic rings. The molecular formula is C8H10BrClOS. The minimum absolute atomic E-state index is 0.363. The molecule has 68 valence electrons. The van der Waals surface area contributed by atoms with E-state index in [1.54, 1.807) is 11.3 Å². The highest BCUT2D eigenvalue weighted by Gasteiger charge is 2.11. The van der Waals surface area contributed by atoms with E-state index in [4.69, 9.17) is 11.6 Å². The Balaban J connectivity index is 2.52. The highest BCUT2D eigenvalue weighted by molar-refractivity contribution is 9.10. The maximum atomic E-state index is 9.64. The molecule has 0 aliphatic carbocycles. The van der Waals surface area contributed by atoms with Crippen LogP contribution in [0.2, 0.25) is 0 Å². The number of hydrogen-bond acceptors (Lipinski definition) is 2. The summed E-state index contributed by atoms with van der Waals surface area (Å²) >= 11 is 10.5. The Bertz CT molecular complexity index is 239. The van der Waals surface area contributed by atoms with Gasteiger partial charge in [0.1, 0.15) is 0 Å². The summed E-state index contributed by atoms with van der Waals surface area (Å²) in [6.45, 7) is 0. The van der Waals surface area contributed by atoms with Gasteiger partial charge in [-0.25, -0.2) is 0 Å². The van der Waals surface area contributed by atoms with Crippen LogP contribution in [0.5, 0.6) is 0 Å². The van der Waals surface area contributed by atoms with E-state index < -0.39 is 0 Å². The Morgan fingerprint density at radius 3 is 2.92 bits per heavy atom. The van der Waals surface area contributed by atoms with Crippen molar-refractivity contribution in [3.63, 3.8) is 0 Å². The molecule has 0 fully saturated rings. The van der Waals surface area contributed by atoms with Crippen LogP contribution in [-0.4, -0.2) is 11.0 Å². The lowest BCUT2D eigenvalue weighted by molar-refractivity contribution is 0.170. The summed E-state index contributed by atoms with van der Waals surface area (Å²) in [5.74, 6) is 0.611. The number of alkyl halides is 1. The number of aliphatic hydroxyl groups is 1. The van der Waals surface area contributed by atoms with Crippen molar-refractivity contribution >= 4 is 38.9 Å². The number of thiophene rings is 1. The van der Waals surface area contributed by atoms with E-state index in [2.05, 4.69) is 15.9 Å². The third-order valence-electron chi connectivity index (χ3n) is 1.56. The summed E-state index contributed by atoms with van der Waals surface area (Å²) in [6, 6.07) is 1.95. The van der Waals surface area contributed by atoms with Crippen LogP contribution in [0.15, 0.2) is 15.9 Å². The minimum atomic E-state index is -0.363. The first-order valence-electron chi connectivity index (χ1n) is 3.72. The maximum Gasteiger partial charge on any atom is 0.0893 e. The summed E-state index contributed by atoms with van der Waals surface area (Å²) in [4.78, 5) is 1.00. The van der Waals surface area contributed by atoms with Crippen LogP contribution >= 0.6 is 38.9 Å². The zero-order valence-corrected chi connectivity index (χ0v) is 9.62. The van der Waals surface area contributed by atoms with Gasteiger partial charge in [-0.3, -0.25) is 0 Å². The Morgan fingerprint density at radius 1 is 1.67 bits per heavy atom. The molecule has 4 heteroatoms. The topological polar surface area (TPSA) is 20.2 Å². The van der Waals surface area contributed by atoms with Crippen molar-refractivity contribution in [1.82, 2.24) is 0 Å². The van der Waals surface area contributed by atoms with Gasteiger partial charge in [0.2, 0.25) is 0 Å². The monoisotopic (exact) mass is 268 g/mol. The van der Waals surface area contributed by atoms with Gasteiger partial charge < -0.3 is 5.11 Å². The van der Waals surface area contributed by atoms with Crippen LogP contribution in [-0.2, 0) is 0 Å². The zero-order valence-electron chi connectivity index (χ0n) is 6.46. The molecule has 0 spiro atoms. The van der Waals surface area contributed by atoms with Crippen molar-refractivity contribution < 1.29 is 5.11 Å². The molecule has 0 amide bonds. The van der Waals surface area contributed by atoms with Gasteiger partial charge in [0, 0.05) is 15.2 Å². The molecule has 1 N–H and O–H groups in total. The van der Waals surface area contributed by atoms with Crippen molar-refractivity contribution in [3.05, 3.63) is 20.8 Å². The normalized spacial score (nSPS) is 13.2. The molecule has 1 unspecified atom stereocenters. The van der Waals surface area contributed by atoms with E-state index >= 15 is 0 Å². The van der Waals surface area contributed by atoms with Crippen molar-refractivity contribution in [1.29, 1.82) is 0 Å². The molecule has 0 aliphatic rings. The smallest absolute Gasteiger partial charge is 0.0893 e. The lowest BCUT2D eigenvalue weighted by Crippen LogP contribution is -1.95. The zero-order chi connectivity index (χ0) is 8.97. The largest absolute Gasteiger partial charge is 0.388 e. The Labute approximate surface area is 89.5 Å². The molecule has 1 atom stereocenters. The summed E-state index contributed by atoms with van der Waals surface area (Å²) in [5.41, 5.74) is 0. The van der Waals surface area contributed by atoms with Gasteiger partial charge in [-0.15, -0.1) is 22.9 Å². The molecule has 0 aliphatic heterocycles. The van der Waals surface area contributed by atoms with Crippen LogP contribution in [0.1, 0.15) is 23.8 Å². The molecule has 0 bridgehead atoms. The predicted molar refractivity (Wildman–Crippen MR) is 56.9 cm³/mol. The van der Waals surface area contributed by atoms with Crippen LogP contribution in [0.25, 0.3) is 0 Å². The Kier molecular flexibility index (Phi) is 4.57. The average molecular weight is 270 g/mol. The van der Waals surface area contributed by atoms with Gasteiger partial charge in [0.25, 0.3) is 0 Å². The van der Waals surface area contributed by atoms with Crippen LogP contribution in [0.3, 0.4) is 0 Å². The Hall–Kier alpha value is 0.430. The molecular weight excluding hydrogens is 260 g/mol. The SMILES string of the molecule is OC(CCCCl)c1sccc1Br. The van der Waals surface area contributed by atoms with Gasteiger partial charge in [0.15, 0.2) is 0 Å². The summed E-state index contributed by atoms with van der Waals surface area (Å²) < 4.78 is 0.995. The van der Waals surface area contributed by atoms with Crippen molar-refractivity contribution in [2.45, 2.75) is 18.9 Å². The van der Waals surface area contributed by atoms with E-state index in [0.29, 0.717) is 5.88 Å². The molecule has 1 aromatic heterocycles. The second-order valence-corrected chi connectivity index (χ2v) is 4.66. The molecule has 0 saturated heterocycles. The van der Waals surface area contributed by atoms with Crippen LogP contribution in [0.4, 0.5) is 0 Å². The number of hydrogen-bond donors (Lipinski definition) is 1. The van der Waals surface area contributed by atoms with Gasteiger partial charge in [-0.1, -0.05) is 0 Å².